The molecule has 0 amide bonds. The summed E-state index contributed by atoms with van der Waals surface area (Å²) in [5.41, 5.74) is 2.24. The van der Waals surface area contributed by atoms with E-state index in [4.69, 9.17) is 0 Å². The zero-order chi connectivity index (χ0) is 15.6. The van der Waals surface area contributed by atoms with Crippen LogP contribution in [-0.4, -0.2) is 22.7 Å². The number of hydrogen-bond acceptors (Lipinski definition) is 2. The highest BCUT2D eigenvalue weighted by atomic mass is 16.4. The molecule has 1 aliphatic heterocycles. The molecular weight excluding hydrogens is 262 g/mol. The molecule has 1 aromatic rings. The van der Waals surface area contributed by atoms with Crippen molar-refractivity contribution in [3.8, 4) is 0 Å². The second-order valence-corrected chi connectivity index (χ2v) is 6.84. The number of anilines is 1. The fourth-order valence-corrected chi connectivity index (χ4v) is 3.76. The van der Waals surface area contributed by atoms with Crippen LogP contribution in [0.15, 0.2) is 24.3 Å². The van der Waals surface area contributed by atoms with Gasteiger partial charge in [0.25, 0.3) is 0 Å². The van der Waals surface area contributed by atoms with E-state index < -0.39 is 12.0 Å². The largest absolute Gasteiger partial charge is 0.480 e. The van der Waals surface area contributed by atoms with E-state index in [1.165, 1.54) is 5.56 Å². The van der Waals surface area contributed by atoms with Gasteiger partial charge in [0.05, 0.1) is 0 Å². The second kappa shape index (κ2) is 6.08. The minimum Gasteiger partial charge on any atom is -0.480 e. The van der Waals surface area contributed by atoms with E-state index in [1.54, 1.807) is 0 Å². The van der Waals surface area contributed by atoms with Crippen LogP contribution in [0, 0.1) is 0 Å². The summed E-state index contributed by atoms with van der Waals surface area (Å²) in [7, 11) is 0. The van der Waals surface area contributed by atoms with Crippen LogP contribution in [0.4, 0.5) is 5.69 Å². The van der Waals surface area contributed by atoms with Crippen LogP contribution in [0.1, 0.15) is 64.9 Å². The highest BCUT2D eigenvalue weighted by Gasteiger charge is 2.41. The molecule has 2 unspecified atom stereocenters. The summed E-state index contributed by atoms with van der Waals surface area (Å²) in [5.74, 6) is -0.242. The van der Waals surface area contributed by atoms with Crippen LogP contribution in [0.3, 0.4) is 0 Å². The first-order valence-corrected chi connectivity index (χ1v) is 7.99. The van der Waals surface area contributed by atoms with Crippen LogP contribution in [0.25, 0.3) is 0 Å². The molecule has 0 spiro atoms. The third-order valence-corrected chi connectivity index (χ3v) is 4.61. The number of benzene rings is 1. The number of carboxylic acid groups (broad SMARTS) is 1. The summed E-state index contributed by atoms with van der Waals surface area (Å²) in [6.45, 7) is 8.68. The molecule has 0 aromatic heterocycles. The predicted octanol–water partition coefficient (Wildman–Crippen LogP) is 4.42. The van der Waals surface area contributed by atoms with Crippen molar-refractivity contribution in [1.29, 1.82) is 0 Å². The van der Waals surface area contributed by atoms with Crippen molar-refractivity contribution in [2.24, 2.45) is 0 Å². The lowest BCUT2D eigenvalue weighted by molar-refractivity contribution is -0.139. The van der Waals surface area contributed by atoms with Gasteiger partial charge in [-0.2, -0.15) is 0 Å². The summed E-state index contributed by atoms with van der Waals surface area (Å²) < 4.78 is 0. The molecule has 21 heavy (non-hydrogen) atoms. The van der Waals surface area contributed by atoms with Crippen molar-refractivity contribution in [2.75, 3.05) is 4.90 Å². The fourth-order valence-electron chi connectivity index (χ4n) is 3.76. The van der Waals surface area contributed by atoms with E-state index in [-0.39, 0.29) is 5.54 Å². The molecule has 0 fully saturated rings. The maximum Gasteiger partial charge on any atom is 0.326 e. The summed E-state index contributed by atoms with van der Waals surface area (Å²) in [5, 5.41) is 9.73. The highest BCUT2D eigenvalue weighted by Crippen LogP contribution is 2.44. The summed E-state index contributed by atoms with van der Waals surface area (Å²) in [6, 6.07) is 7.84. The molecule has 3 heteroatoms. The topological polar surface area (TPSA) is 40.5 Å². The molecule has 1 N–H and O–H groups in total. The molecule has 0 saturated carbocycles. The van der Waals surface area contributed by atoms with Gasteiger partial charge >= 0.3 is 5.97 Å². The second-order valence-electron chi connectivity index (χ2n) is 6.84. The monoisotopic (exact) mass is 289 g/mol. The van der Waals surface area contributed by atoms with Gasteiger partial charge in [-0.05, 0) is 44.2 Å². The number of para-hydroxylation sites is 1. The van der Waals surface area contributed by atoms with Crippen molar-refractivity contribution < 1.29 is 9.90 Å². The summed E-state index contributed by atoms with van der Waals surface area (Å²) >= 11 is 0. The first kappa shape index (κ1) is 15.9. The molecule has 1 aromatic carbocycles. The molecule has 0 saturated heterocycles. The van der Waals surface area contributed by atoms with Crippen molar-refractivity contribution in [3.05, 3.63) is 29.8 Å². The van der Waals surface area contributed by atoms with Crippen molar-refractivity contribution >= 4 is 11.7 Å². The predicted molar refractivity (Wildman–Crippen MR) is 87.0 cm³/mol. The van der Waals surface area contributed by atoms with Crippen LogP contribution >= 0.6 is 0 Å². The number of hydrogen-bond donors (Lipinski definition) is 1. The Bertz CT molecular complexity index is 510. The molecule has 2 atom stereocenters. The number of unbranched alkanes of at least 4 members (excludes halogenated alkanes) is 1. The molecule has 1 aliphatic rings. The van der Waals surface area contributed by atoms with E-state index in [2.05, 4.69) is 44.7 Å². The average Bonchev–Trinajstić information content (AvgIpc) is 2.41. The third kappa shape index (κ3) is 3.07. The van der Waals surface area contributed by atoms with Gasteiger partial charge in [0.2, 0.25) is 0 Å². The Hall–Kier alpha value is -1.51. The zero-order valence-corrected chi connectivity index (χ0v) is 13.6. The molecule has 0 aliphatic carbocycles. The highest BCUT2D eigenvalue weighted by molar-refractivity contribution is 5.80. The van der Waals surface area contributed by atoms with E-state index in [1.807, 2.05) is 12.1 Å². The lowest BCUT2D eigenvalue weighted by Gasteiger charge is -2.50. The van der Waals surface area contributed by atoms with E-state index in [9.17, 15) is 9.90 Å². The number of nitrogens with zero attached hydrogens (tertiary/aromatic N) is 1. The Balaban J connectivity index is 2.47. The number of fused-ring (bicyclic) bond motifs is 1. The molecule has 0 radical (unpaired) electrons. The molecular formula is C18H27NO2. The van der Waals surface area contributed by atoms with Crippen LogP contribution < -0.4 is 4.90 Å². The van der Waals surface area contributed by atoms with Gasteiger partial charge in [-0.3, -0.25) is 0 Å². The summed E-state index contributed by atoms with van der Waals surface area (Å²) in [6.07, 6.45) is 3.66. The zero-order valence-electron chi connectivity index (χ0n) is 13.6. The van der Waals surface area contributed by atoms with Crippen LogP contribution in [0.5, 0.6) is 0 Å². The minimum absolute atomic E-state index is 0.134. The Morgan fingerprint density at radius 2 is 2.10 bits per heavy atom. The van der Waals surface area contributed by atoms with Gasteiger partial charge < -0.3 is 10.0 Å². The number of aliphatic carboxylic acids is 1. The first-order chi connectivity index (χ1) is 9.88. The summed E-state index contributed by atoms with van der Waals surface area (Å²) in [4.78, 5) is 14.0. The van der Waals surface area contributed by atoms with Gasteiger partial charge in [-0.15, -0.1) is 0 Å². The van der Waals surface area contributed by atoms with E-state index in [0.29, 0.717) is 12.3 Å². The van der Waals surface area contributed by atoms with Gasteiger partial charge in [-0.1, -0.05) is 44.9 Å². The average molecular weight is 289 g/mol. The van der Waals surface area contributed by atoms with Crippen LogP contribution in [0.2, 0.25) is 0 Å². The molecule has 2 rings (SSSR count). The first-order valence-electron chi connectivity index (χ1n) is 7.99. The van der Waals surface area contributed by atoms with Crippen molar-refractivity contribution in [3.63, 3.8) is 0 Å². The SMILES string of the molecule is CCCCC(C(=O)O)N1c2ccccc2C(C)CC1(C)C. The van der Waals surface area contributed by atoms with Gasteiger partial charge in [0, 0.05) is 11.2 Å². The van der Waals surface area contributed by atoms with E-state index in [0.717, 1.165) is 24.9 Å². The van der Waals surface area contributed by atoms with E-state index >= 15 is 0 Å². The molecule has 0 bridgehead atoms. The van der Waals surface area contributed by atoms with Gasteiger partial charge in [0.1, 0.15) is 6.04 Å². The maximum absolute atomic E-state index is 11.8. The fraction of sp³-hybridized carbons (Fsp3) is 0.611. The van der Waals surface area contributed by atoms with Crippen LogP contribution in [-0.2, 0) is 4.79 Å². The smallest absolute Gasteiger partial charge is 0.326 e. The van der Waals surface area contributed by atoms with Gasteiger partial charge in [-0.25, -0.2) is 4.79 Å². The Kier molecular flexibility index (Phi) is 4.60. The molecule has 1 heterocycles. The quantitative estimate of drug-likeness (QED) is 0.872. The number of carboxylic acids is 1. The van der Waals surface area contributed by atoms with Gasteiger partial charge in [0.15, 0.2) is 0 Å². The van der Waals surface area contributed by atoms with Crippen molar-refractivity contribution in [2.45, 2.75) is 70.9 Å². The Morgan fingerprint density at radius 1 is 1.43 bits per heavy atom. The Labute approximate surface area is 128 Å². The lowest BCUT2D eigenvalue weighted by Crippen LogP contribution is -2.56. The maximum atomic E-state index is 11.8. The number of carbonyl (C=O) groups is 1. The lowest BCUT2D eigenvalue weighted by atomic mass is 9.78. The minimum atomic E-state index is -0.708. The Morgan fingerprint density at radius 3 is 2.71 bits per heavy atom. The molecule has 116 valence electrons. The standard InChI is InChI=1S/C18H27NO2/c1-5-6-10-16(17(20)21)19-15-11-8-7-9-14(15)13(2)12-18(19,3)4/h7-9,11,13,16H,5-6,10,12H2,1-4H3,(H,20,21). The molecule has 3 nitrogen and oxygen atoms in total. The third-order valence-electron chi connectivity index (χ3n) is 4.61. The number of rotatable bonds is 5. The van der Waals surface area contributed by atoms with Crippen molar-refractivity contribution in [1.82, 2.24) is 0 Å². The normalized spacial score (nSPS) is 21.7.